The number of thiol groups is 1. The number of carboxylic acids is 1. The smallest absolute Gasteiger partial charge is 0.320 e. The molecule has 5 heteroatoms. The Bertz CT molecular complexity index is 90.6. The van der Waals surface area contributed by atoms with Crippen LogP contribution in [0.4, 0.5) is 0 Å². The third-order valence-electron chi connectivity index (χ3n) is 0.757. The first kappa shape index (κ1) is 12.5. The standard InChI is InChI=1S/C4H9NO2S.Na/c5-3(1-2-8)4(6)7;/h3,8H,1-2,5H2,(H,6,7);/t3-;/m0./s1. The van der Waals surface area contributed by atoms with E-state index in [0.29, 0.717) is 12.2 Å². The molecule has 0 bridgehead atoms. The van der Waals surface area contributed by atoms with Crippen molar-refractivity contribution in [2.24, 2.45) is 5.73 Å². The third kappa shape index (κ3) is 6.67. The van der Waals surface area contributed by atoms with Gasteiger partial charge < -0.3 is 10.8 Å². The summed E-state index contributed by atoms with van der Waals surface area (Å²) in [6.45, 7) is 0. The van der Waals surface area contributed by atoms with E-state index in [4.69, 9.17) is 10.8 Å². The molecular weight excluding hydrogens is 149 g/mol. The zero-order valence-corrected chi connectivity index (χ0v) is 8.27. The number of hydrogen-bond donors (Lipinski definition) is 3. The fraction of sp³-hybridized carbons (Fsp3) is 0.750. The molecule has 0 fully saturated rings. The van der Waals surface area contributed by atoms with Crippen molar-refractivity contribution < 1.29 is 9.90 Å². The first-order valence-electron chi connectivity index (χ1n) is 2.27. The number of rotatable bonds is 3. The maximum Gasteiger partial charge on any atom is 0.320 e. The second kappa shape index (κ2) is 6.89. The van der Waals surface area contributed by atoms with Crippen LogP contribution in [0.2, 0.25) is 0 Å². The fourth-order valence-corrected chi connectivity index (χ4v) is 0.541. The van der Waals surface area contributed by atoms with Crippen LogP contribution in [-0.4, -0.2) is 52.4 Å². The number of aliphatic carboxylic acids is 1. The van der Waals surface area contributed by atoms with Gasteiger partial charge in [0, 0.05) is 29.6 Å². The fourth-order valence-electron chi connectivity index (χ4n) is 0.263. The molecule has 0 aliphatic heterocycles. The average molecular weight is 158 g/mol. The molecular formula is C4H9NNaO2S. The second-order valence-electron chi connectivity index (χ2n) is 1.46. The second-order valence-corrected chi connectivity index (χ2v) is 1.90. The molecule has 0 unspecified atom stereocenters. The zero-order chi connectivity index (χ0) is 6.57. The van der Waals surface area contributed by atoms with Crippen molar-refractivity contribution >= 4 is 48.2 Å². The van der Waals surface area contributed by atoms with Crippen molar-refractivity contribution in [1.82, 2.24) is 0 Å². The van der Waals surface area contributed by atoms with Crippen LogP contribution in [0.25, 0.3) is 0 Å². The van der Waals surface area contributed by atoms with E-state index >= 15 is 0 Å². The number of carboxylic acid groups (broad SMARTS) is 1. The molecule has 3 N–H and O–H groups in total. The molecule has 1 radical (unpaired) electrons. The molecule has 0 aromatic carbocycles. The Labute approximate surface area is 81.7 Å². The Balaban J connectivity index is 0. The van der Waals surface area contributed by atoms with Crippen LogP contribution in [0.15, 0.2) is 0 Å². The molecule has 0 saturated carbocycles. The molecule has 0 heterocycles. The maximum atomic E-state index is 9.93. The van der Waals surface area contributed by atoms with E-state index in [1.165, 1.54) is 0 Å². The largest absolute Gasteiger partial charge is 0.480 e. The molecule has 0 saturated heterocycles. The van der Waals surface area contributed by atoms with Crippen molar-refractivity contribution in [3.8, 4) is 0 Å². The molecule has 9 heavy (non-hydrogen) atoms. The van der Waals surface area contributed by atoms with E-state index in [1.54, 1.807) is 0 Å². The van der Waals surface area contributed by atoms with E-state index in [1.807, 2.05) is 0 Å². The molecule has 0 aliphatic rings. The van der Waals surface area contributed by atoms with Gasteiger partial charge in [-0.2, -0.15) is 12.6 Å². The molecule has 0 spiro atoms. The van der Waals surface area contributed by atoms with Crippen LogP contribution >= 0.6 is 12.6 Å². The Hall–Kier alpha value is 0.780. The molecule has 0 rings (SSSR count). The Morgan fingerprint density at radius 2 is 2.22 bits per heavy atom. The summed E-state index contributed by atoms with van der Waals surface area (Å²) in [7, 11) is 0. The van der Waals surface area contributed by atoms with Gasteiger partial charge in [0.1, 0.15) is 6.04 Å². The Kier molecular flexibility index (Phi) is 9.54. The zero-order valence-electron chi connectivity index (χ0n) is 5.37. The number of carbonyl (C=O) groups is 1. The molecule has 0 aromatic heterocycles. The number of hydrogen-bond acceptors (Lipinski definition) is 3. The van der Waals surface area contributed by atoms with Crippen molar-refractivity contribution in [3.05, 3.63) is 0 Å². The van der Waals surface area contributed by atoms with Crippen LogP contribution in [0, 0.1) is 0 Å². The topological polar surface area (TPSA) is 63.3 Å². The monoisotopic (exact) mass is 158 g/mol. The first-order valence-corrected chi connectivity index (χ1v) is 2.91. The average Bonchev–Trinajstić information content (AvgIpc) is 1.67. The van der Waals surface area contributed by atoms with Gasteiger partial charge in [-0.25, -0.2) is 0 Å². The van der Waals surface area contributed by atoms with Gasteiger partial charge in [0.2, 0.25) is 0 Å². The van der Waals surface area contributed by atoms with Crippen molar-refractivity contribution in [2.45, 2.75) is 12.5 Å². The summed E-state index contributed by atoms with van der Waals surface area (Å²) in [6, 6.07) is -0.743. The summed E-state index contributed by atoms with van der Waals surface area (Å²) in [5.41, 5.74) is 5.08. The molecule has 0 aromatic rings. The van der Waals surface area contributed by atoms with Crippen LogP contribution in [0.1, 0.15) is 6.42 Å². The Morgan fingerprint density at radius 1 is 1.78 bits per heavy atom. The van der Waals surface area contributed by atoms with Crippen LogP contribution in [-0.2, 0) is 4.79 Å². The van der Waals surface area contributed by atoms with Crippen molar-refractivity contribution in [2.75, 3.05) is 5.75 Å². The summed E-state index contributed by atoms with van der Waals surface area (Å²) in [5.74, 6) is -0.438. The molecule has 1 atom stereocenters. The summed E-state index contributed by atoms with van der Waals surface area (Å²) in [5, 5.41) is 8.15. The van der Waals surface area contributed by atoms with E-state index in [0.717, 1.165) is 0 Å². The van der Waals surface area contributed by atoms with Gasteiger partial charge in [-0.05, 0) is 12.2 Å². The minimum atomic E-state index is -0.959. The quantitative estimate of drug-likeness (QED) is 0.377. The minimum Gasteiger partial charge on any atom is -0.480 e. The molecule has 0 aliphatic carbocycles. The van der Waals surface area contributed by atoms with Crippen LogP contribution in [0.3, 0.4) is 0 Å². The summed E-state index contributed by atoms with van der Waals surface area (Å²) in [6.07, 6.45) is 0.429. The normalized spacial score (nSPS) is 11.8. The maximum absolute atomic E-state index is 9.93. The Morgan fingerprint density at radius 3 is 2.33 bits per heavy atom. The summed E-state index contributed by atoms with van der Waals surface area (Å²) >= 11 is 3.81. The van der Waals surface area contributed by atoms with Crippen LogP contribution < -0.4 is 5.73 Å². The molecule has 3 nitrogen and oxygen atoms in total. The van der Waals surface area contributed by atoms with Gasteiger partial charge in [0.15, 0.2) is 0 Å². The van der Waals surface area contributed by atoms with E-state index in [-0.39, 0.29) is 29.6 Å². The molecule has 49 valence electrons. The summed E-state index contributed by atoms with van der Waals surface area (Å²) in [4.78, 5) is 9.93. The van der Waals surface area contributed by atoms with Gasteiger partial charge in [-0.3, -0.25) is 4.79 Å². The van der Waals surface area contributed by atoms with Gasteiger partial charge in [0.25, 0.3) is 0 Å². The first-order chi connectivity index (χ1) is 3.68. The van der Waals surface area contributed by atoms with Gasteiger partial charge >= 0.3 is 5.97 Å². The van der Waals surface area contributed by atoms with Gasteiger partial charge in [-0.15, -0.1) is 0 Å². The molecule has 0 amide bonds. The van der Waals surface area contributed by atoms with Gasteiger partial charge in [0.05, 0.1) is 0 Å². The van der Waals surface area contributed by atoms with Gasteiger partial charge in [-0.1, -0.05) is 0 Å². The van der Waals surface area contributed by atoms with Crippen molar-refractivity contribution in [1.29, 1.82) is 0 Å². The van der Waals surface area contributed by atoms with E-state index < -0.39 is 12.0 Å². The van der Waals surface area contributed by atoms with Crippen LogP contribution in [0.5, 0.6) is 0 Å². The predicted molar refractivity (Wildman–Crippen MR) is 39.8 cm³/mol. The SMILES string of the molecule is N[C@@H](CCS)C(=O)O.[Na]. The van der Waals surface area contributed by atoms with E-state index in [9.17, 15) is 4.79 Å². The van der Waals surface area contributed by atoms with E-state index in [2.05, 4.69) is 12.6 Å². The third-order valence-corrected chi connectivity index (χ3v) is 1.02. The predicted octanol–water partition coefficient (Wildman–Crippen LogP) is -0.663. The van der Waals surface area contributed by atoms with Crippen molar-refractivity contribution in [3.63, 3.8) is 0 Å². The minimum absolute atomic E-state index is 0. The summed E-state index contributed by atoms with van der Waals surface area (Å²) < 4.78 is 0. The number of nitrogens with two attached hydrogens (primary N) is 1.